The van der Waals surface area contributed by atoms with Crippen molar-refractivity contribution in [2.24, 2.45) is 0 Å². The van der Waals surface area contributed by atoms with Crippen LogP contribution in [0.15, 0.2) is 47.1 Å². The lowest BCUT2D eigenvalue weighted by molar-refractivity contribution is 0.0968. The molecule has 2 unspecified atom stereocenters. The summed E-state index contributed by atoms with van der Waals surface area (Å²) in [6.07, 6.45) is 9.31. The van der Waals surface area contributed by atoms with Crippen LogP contribution in [-0.2, 0) is 11.0 Å². The van der Waals surface area contributed by atoms with Crippen LogP contribution in [-0.4, -0.2) is 10.4 Å². The van der Waals surface area contributed by atoms with Crippen LogP contribution in [0.25, 0.3) is 0 Å². The Morgan fingerprint density at radius 3 is 2.60 bits per heavy atom. The number of halogens is 1. The Kier molecular flexibility index (Phi) is 2.28. The molecule has 20 heavy (non-hydrogen) atoms. The van der Waals surface area contributed by atoms with Crippen molar-refractivity contribution in [3.63, 3.8) is 0 Å². The third-order valence-corrected chi connectivity index (χ3v) is 6.45. The van der Waals surface area contributed by atoms with E-state index in [2.05, 4.69) is 84.2 Å². The fourth-order valence-corrected chi connectivity index (χ4v) is 5.08. The SMILES string of the molecule is CCC12C[C@@]1(C)c1ccccc1C1(C)C=CC(Br)=CN12. The molecule has 1 aromatic rings. The van der Waals surface area contributed by atoms with Crippen LogP contribution in [0.2, 0.25) is 0 Å². The van der Waals surface area contributed by atoms with E-state index in [1.54, 1.807) is 5.56 Å². The van der Waals surface area contributed by atoms with Gasteiger partial charge in [-0.15, -0.1) is 0 Å². The summed E-state index contributed by atoms with van der Waals surface area (Å²) in [6, 6.07) is 9.02. The van der Waals surface area contributed by atoms with E-state index < -0.39 is 0 Å². The highest BCUT2D eigenvalue weighted by Crippen LogP contribution is 2.70. The van der Waals surface area contributed by atoms with Gasteiger partial charge in [0, 0.05) is 16.1 Å². The van der Waals surface area contributed by atoms with Crippen LogP contribution in [0, 0.1) is 0 Å². The summed E-state index contributed by atoms with van der Waals surface area (Å²) in [4.78, 5) is 2.62. The average molecular weight is 330 g/mol. The van der Waals surface area contributed by atoms with Crippen molar-refractivity contribution in [3.8, 4) is 0 Å². The molecule has 4 rings (SSSR count). The van der Waals surface area contributed by atoms with E-state index in [1.165, 1.54) is 22.9 Å². The average Bonchev–Trinajstić information content (AvgIpc) is 3.10. The molecule has 1 aromatic carbocycles. The van der Waals surface area contributed by atoms with Crippen molar-refractivity contribution < 1.29 is 0 Å². The van der Waals surface area contributed by atoms with Crippen LogP contribution < -0.4 is 0 Å². The largest absolute Gasteiger partial charge is 0.357 e. The third-order valence-electron chi connectivity index (χ3n) is 5.98. The first-order valence-corrected chi connectivity index (χ1v) is 8.23. The predicted octanol–water partition coefficient (Wildman–Crippen LogP) is 4.83. The summed E-state index contributed by atoms with van der Waals surface area (Å²) in [5.41, 5.74) is 3.58. The van der Waals surface area contributed by atoms with E-state index in [4.69, 9.17) is 0 Å². The molecule has 1 nitrogen and oxygen atoms in total. The number of hydrogen-bond acceptors (Lipinski definition) is 1. The molecule has 3 atom stereocenters. The van der Waals surface area contributed by atoms with Crippen molar-refractivity contribution in [2.45, 2.75) is 50.1 Å². The fraction of sp³-hybridized carbons (Fsp3) is 0.444. The molecule has 0 aromatic heterocycles. The standard InChI is InChI=1S/C18H20BrN/c1-4-18-12-16(18,2)14-7-5-6-8-15(14)17(3)10-9-13(19)11-20(17)18/h5-11H,4,12H2,1-3H3/t16-,17?,18?/m0/s1. The van der Waals surface area contributed by atoms with Crippen molar-refractivity contribution in [1.82, 2.24) is 4.90 Å². The van der Waals surface area contributed by atoms with Gasteiger partial charge in [-0.2, -0.15) is 0 Å². The fourth-order valence-electron chi connectivity index (χ4n) is 4.74. The second-order valence-corrected chi connectivity index (χ2v) is 7.72. The zero-order chi connectivity index (χ0) is 14.2. The van der Waals surface area contributed by atoms with Gasteiger partial charge in [0.15, 0.2) is 0 Å². The highest BCUT2D eigenvalue weighted by molar-refractivity contribution is 9.11. The van der Waals surface area contributed by atoms with Crippen molar-refractivity contribution in [1.29, 1.82) is 0 Å². The Hall–Kier alpha value is -1.02. The first kappa shape index (κ1) is 12.7. The zero-order valence-electron chi connectivity index (χ0n) is 12.3. The molecule has 1 aliphatic carbocycles. The molecule has 0 N–H and O–H groups in total. The molecule has 0 spiro atoms. The molecule has 2 heteroatoms. The summed E-state index contributed by atoms with van der Waals surface area (Å²) < 4.78 is 1.18. The van der Waals surface area contributed by atoms with Gasteiger partial charge >= 0.3 is 0 Å². The van der Waals surface area contributed by atoms with E-state index in [1.807, 2.05) is 0 Å². The maximum atomic E-state index is 3.66. The minimum Gasteiger partial charge on any atom is -0.357 e. The molecule has 1 saturated carbocycles. The van der Waals surface area contributed by atoms with Gasteiger partial charge in [-0.3, -0.25) is 0 Å². The Morgan fingerprint density at radius 2 is 1.90 bits per heavy atom. The molecule has 0 saturated heterocycles. The number of fused-ring (bicyclic) bond motifs is 6. The molecule has 0 bridgehead atoms. The van der Waals surface area contributed by atoms with Crippen molar-refractivity contribution in [2.75, 3.05) is 0 Å². The third kappa shape index (κ3) is 1.21. The highest BCUT2D eigenvalue weighted by Gasteiger charge is 2.72. The minimum atomic E-state index is -0.0140. The van der Waals surface area contributed by atoms with Gasteiger partial charge in [0.05, 0.1) is 11.1 Å². The summed E-state index contributed by atoms with van der Waals surface area (Å²) in [5, 5.41) is 0. The van der Waals surface area contributed by atoms with E-state index >= 15 is 0 Å². The first-order chi connectivity index (χ1) is 9.48. The van der Waals surface area contributed by atoms with Gasteiger partial charge in [-0.05, 0) is 52.9 Å². The highest BCUT2D eigenvalue weighted by atomic mass is 79.9. The van der Waals surface area contributed by atoms with Gasteiger partial charge in [0.2, 0.25) is 0 Å². The van der Waals surface area contributed by atoms with Gasteiger partial charge in [0.1, 0.15) is 0 Å². The van der Waals surface area contributed by atoms with Gasteiger partial charge in [-0.25, -0.2) is 0 Å². The molecule has 104 valence electrons. The Balaban J connectivity index is 2.03. The zero-order valence-corrected chi connectivity index (χ0v) is 13.9. The summed E-state index contributed by atoms with van der Waals surface area (Å²) in [6.45, 7) is 7.13. The van der Waals surface area contributed by atoms with Gasteiger partial charge < -0.3 is 4.90 Å². The maximum Gasteiger partial charge on any atom is 0.0816 e. The molecular weight excluding hydrogens is 310 g/mol. The van der Waals surface area contributed by atoms with E-state index in [9.17, 15) is 0 Å². The Morgan fingerprint density at radius 1 is 1.20 bits per heavy atom. The molecule has 0 amide bonds. The second-order valence-electron chi connectivity index (χ2n) is 6.80. The number of nitrogens with zero attached hydrogens (tertiary/aromatic N) is 1. The second kappa shape index (κ2) is 3.59. The molecule has 2 heterocycles. The van der Waals surface area contributed by atoms with Gasteiger partial charge in [0.25, 0.3) is 0 Å². The number of benzene rings is 1. The normalized spacial score (nSPS) is 40.6. The summed E-state index contributed by atoms with van der Waals surface area (Å²) in [5.74, 6) is 0. The number of hydrogen-bond donors (Lipinski definition) is 0. The van der Waals surface area contributed by atoms with Crippen LogP contribution in [0.4, 0.5) is 0 Å². The topological polar surface area (TPSA) is 3.24 Å². The Bertz CT molecular complexity index is 661. The molecule has 0 radical (unpaired) electrons. The van der Waals surface area contributed by atoms with Crippen molar-refractivity contribution >= 4 is 15.9 Å². The number of allylic oxidation sites excluding steroid dienone is 2. The molecule has 2 aliphatic heterocycles. The smallest absolute Gasteiger partial charge is 0.0816 e. The van der Waals surface area contributed by atoms with Crippen LogP contribution in [0.5, 0.6) is 0 Å². The van der Waals surface area contributed by atoms with Crippen LogP contribution in [0.3, 0.4) is 0 Å². The van der Waals surface area contributed by atoms with Crippen molar-refractivity contribution in [3.05, 3.63) is 58.2 Å². The van der Waals surface area contributed by atoms with Crippen LogP contribution in [0.1, 0.15) is 44.7 Å². The monoisotopic (exact) mass is 329 g/mol. The molecule has 1 fully saturated rings. The molecule has 3 aliphatic rings. The van der Waals surface area contributed by atoms with E-state index in [0.29, 0.717) is 5.41 Å². The summed E-state index contributed by atoms with van der Waals surface area (Å²) in [7, 11) is 0. The molecular formula is C18H20BrN. The predicted molar refractivity (Wildman–Crippen MR) is 86.8 cm³/mol. The quantitative estimate of drug-likeness (QED) is 0.713. The van der Waals surface area contributed by atoms with E-state index in [-0.39, 0.29) is 11.1 Å². The lowest BCUT2D eigenvalue weighted by Crippen LogP contribution is -2.54. The van der Waals surface area contributed by atoms with Gasteiger partial charge in [-0.1, -0.05) is 44.2 Å². The minimum absolute atomic E-state index is 0.0140. The first-order valence-electron chi connectivity index (χ1n) is 7.44. The lowest BCUT2D eigenvalue weighted by Gasteiger charge is -2.52. The summed E-state index contributed by atoms with van der Waals surface area (Å²) >= 11 is 3.66. The van der Waals surface area contributed by atoms with E-state index in [0.717, 1.165) is 0 Å². The van der Waals surface area contributed by atoms with Crippen LogP contribution >= 0.6 is 15.9 Å². The maximum absolute atomic E-state index is 3.66. The lowest BCUT2D eigenvalue weighted by atomic mass is 9.73. The number of rotatable bonds is 1. The Labute approximate surface area is 129 Å².